The van der Waals surface area contributed by atoms with Gasteiger partial charge in [0.25, 0.3) is 0 Å². The Bertz CT molecular complexity index is 861. The Morgan fingerprint density at radius 2 is 1.37 bits per heavy atom. The molecule has 0 radical (unpaired) electrons. The van der Waals surface area contributed by atoms with Gasteiger partial charge in [-0.1, -0.05) is 72.8 Å². The predicted octanol–water partition coefficient (Wildman–Crippen LogP) is 4.89. The highest BCUT2D eigenvalue weighted by Gasteiger charge is 2.41. The van der Waals surface area contributed by atoms with Crippen LogP contribution >= 0.6 is 0 Å². The largest absolute Gasteiger partial charge is 0.497 e. The van der Waals surface area contributed by atoms with Crippen molar-refractivity contribution in [3.05, 3.63) is 102 Å². The molecule has 0 aromatic heterocycles. The van der Waals surface area contributed by atoms with Gasteiger partial charge in [-0.3, -0.25) is 0 Å². The van der Waals surface area contributed by atoms with Crippen LogP contribution < -0.4 is 4.74 Å². The van der Waals surface area contributed by atoms with Gasteiger partial charge in [-0.15, -0.1) is 0 Å². The van der Waals surface area contributed by atoms with Crippen LogP contribution in [0.1, 0.15) is 29.5 Å². The van der Waals surface area contributed by atoms with E-state index < -0.39 is 5.60 Å². The van der Waals surface area contributed by atoms with E-state index in [0.29, 0.717) is 0 Å². The normalized spacial score (nSPS) is 15.8. The SMILES string of the molecule is COc1ccc(CCN2CCC(C(O)(c3ccccc3)c3ccccc3)CC2)cc1. The lowest BCUT2D eigenvalue weighted by molar-refractivity contribution is -0.0140. The smallest absolute Gasteiger partial charge is 0.118 e. The number of benzene rings is 3. The first-order valence-corrected chi connectivity index (χ1v) is 10.9. The fourth-order valence-electron chi connectivity index (χ4n) is 4.68. The van der Waals surface area contributed by atoms with Crippen LogP contribution in [0.25, 0.3) is 0 Å². The second-order valence-electron chi connectivity index (χ2n) is 8.21. The first-order chi connectivity index (χ1) is 14.7. The maximum Gasteiger partial charge on any atom is 0.118 e. The van der Waals surface area contributed by atoms with Gasteiger partial charge >= 0.3 is 0 Å². The average molecular weight is 402 g/mol. The van der Waals surface area contributed by atoms with Gasteiger partial charge in [0.05, 0.1) is 7.11 Å². The Morgan fingerprint density at radius 3 is 1.87 bits per heavy atom. The van der Waals surface area contributed by atoms with Crippen molar-refractivity contribution < 1.29 is 9.84 Å². The molecule has 156 valence electrons. The Balaban J connectivity index is 1.43. The number of likely N-dealkylation sites (tertiary alicyclic amines) is 1. The summed E-state index contributed by atoms with van der Waals surface area (Å²) in [5.41, 5.74) is 2.38. The van der Waals surface area contributed by atoms with Crippen molar-refractivity contribution in [2.45, 2.75) is 24.9 Å². The molecule has 1 saturated heterocycles. The molecule has 0 unspecified atom stereocenters. The van der Waals surface area contributed by atoms with Crippen molar-refractivity contribution in [3.8, 4) is 5.75 Å². The van der Waals surface area contributed by atoms with E-state index in [4.69, 9.17) is 4.74 Å². The van der Waals surface area contributed by atoms with Gasteiger partial charge in [-0.05, 0) is 67.1 Å². The third kappa shape index (κ3) is 4.43. The van der Waals surface area contributed by atoms with Crippen molar-refractivity contribution in [3.63, 3.8) is 0 Å². The summed E-state index contributed by atoms with van der Waals surface area (Å²) in [4.78, 5) is 2.52. The molecule has 3 aromatic rings. The number of nitrogens with zero attached hydrogens (tertiary/aromatic N) is 1. The van der Waals surface area contributed by atoms with Crippen LogP contribution in [0.2, 0.25) is 0 Å². The second-order valence-corrected chi connectivity index (χ2v) is 8.21. The van der Waals surface area contributed by atoms with Crippen molar-refractivity contribution in [2.24, 2.45) is 5.92 Å². The van der Waals surface area contributed by atoms with Gasteiger partial charge in [-0.25, -0.2) is 0 Å². The van der Waals surface area contributed by atoms with Gasteiger partial charge in [0.2, 0.25) is 0 Å². The Morgan fingerprint density at radius 1 is 0.833 bits per heavy atom. The number of hydrogen-bond donors (Lipinski definition) is 1. The fraction of sp³-hybridized carbons (Fsp3) is 0.333. The van der Waals surface area contributed by atoms with Gasteiger partial charge in [-0.2, -0.15) is 0 Å². The first-order valence-electron chi connectivity index (χ1n) is 10.9. The molecule has 0 bridgehead atoms. The zero-order chi connectivity index (χ0) is 20.8. The maximum atomic E-state index is 12.0. The lowest BCUT2D eigenvalue weighted by Crippen LogP contribution is -2.44. The standard InChI is InChI=1S/C27H31NO2/c1-30-26-14-12-22(13-15-26)16-19-28-20-17-25(18-21-28)27(29,23-8-4-2-5-9-23)24-10-6-3-7-11-24/h2-15,25,29H,16-21H2,1H3. The molecule has 0 spiro atoms. The van der Waals surface area contributed by atoms with Crippen LogP contribution in [0.5, 0.6) is 5.75 Å². The Labute approximate surface area is 179 Å². The first kappa shape index (κ1) is 20.6. The predicted molar refractivity (Wildman–Crippen MR) is 122 cm³/mol. The third-order valence-corrected chi connectivity index (χ3v) is 6.48. The van der Waals surface area contributed by atoms with Gasteiger partial charge < -0.3 is 14.7 Å². The number of piperidine rings is 1. The topological polar surface area (TPSA) is 32.7 Å². The molecule has 0 aliphatic carbocycles. The minimum atomic E-state index is -0.940. The molecule has 0 saturated carbocycles. The molecular formula is C27H31NO2. The highest BCUT2D eigenvalue weighted by molar-refractivity contribution is 5.37. The lowest BCUT2D eigenvalue weighted by atomic mass is 9.72. The van der Waals surface area contributed by atoms with Crippen molar-refractivity contribution in [1.29, 1.82) is 0 Å². The summed E-state index contributed by atoms with van der Waals surface area (Å²) >= 11 is 0. The third-order valence-electron chi connectivity index (χ3n) is 6.48. The lowest BCUT2D eigenvalue weighted by Gasteiger charge is -2.42. The van der Waals surface area contributed by atoms with Crippen molar-refractivity contribution in [1.82, 2.24) is 4.90 Å². The molecule has 3 heteroatoms. The molecule has 1 heterocycles. The number of aliphatic hydroxyl groups is 1. The van der Waals surface area contributed by atoms with E-state index in [1.165, 1.54) is 5.56 Å². The van der Waals surface area contributed by atoms with E-state index in [1.807, 2.05) is 48.5 Å². The van der Waals surface area contributed by atoms with Crippen molar-refractivity contribution >= 4 is 0 Å². The van der Waals surface area contributed by atoms with Gasteiger partial charge in [0.15, 0.2) is 0 Å². The summed E-state index contributed by atoms with van der Waals surface area (Å²) in [7, 11) is 1.70. The molecule has 3 aromatic carbocycles. The molecule has 3 nitrogen and oxygen atoms in total. The van der Waals surface area contributed by atoms with Crippen LogP contribution in [-0.4, -0.2) is 36.8 Å². The molecule has 1 aliphatic rings. The fourth-order valence-corrected chi connectivity index (χ4v) is 4.68. The molecule has 1 fully saturated rings. The van der Waals surface area contributed by atoms with Crippen LogP contribution in [0.15, 0.2) is 84.9 Å². The van der Waals surface area contributed by atoms with E-state index in [0.717, 1.165) is 55.8 Å². The maximum absolute atomic E-state index is 12.0. The summed E-state index contributed by atoms with van der Waals surface area (Å²) in [5, 5.41) is 12.0. The van der Waals surface area contributed by atoms with Gasteiger partial charge in [0.1, 0.15) is 11.4 Å². The Kier molecular flexibility index (Phi) is 6.51. The van der Waals surface area contributed by atoms with Crippen LogP contribution in [-0.2, 0) is 12.0 Å². The number of rotatable bonds is 7. The summed E-state index contributed by atoms with van der Waals surface area (Å²) in [6.07, 6.45) is 3.02. The highest BCUT2D eigenvalue weighted by Crippen LogP contribution is 2.41. The molecule has 4 rings (SSSR count). The molecule has 0 amide bonds. The monoisotopic (exact) mass is 401 g/mol. The summed E-state index contributed by atoms with van der Waals surface area (Å²) in [6.45, 7) is 3.08. The minimum absolute atomic E-state index is 0.208. The zero-order valence-electron chi connectivity index (χ0n) is 17.7. The van der Waals surface area contributed by atoms with E-state index in [1.54, 1.807) is 7.11 Å². The Hall–Kier alpha value is -2.62. The molecule has 1 N–H and O–H groups in total. The van der Waals surface area contributed by atoms with Crippen LogP contribution in [0.3, 0.4) is 0 Å². The van der Waals surface area contributed by atoms with Gasteiger partial charge in [0, 0.05) is 6.54 Å². The number of methoxy groups -OCH3 is 1. The van der Waals surface area contributed by atoms with E-state index in [2.05, 4.69) is 41.3 Å². The molecular weight excluding hydrogens is 370 g/mol. The number of ether oxygens (including phenoxy) is 1. The van der Waals surface area contributed by atoms with Crippen molar-refractivity contribution in [2.75, 3.05) is 26.7 Å². The van der Waals surface area contributed by atoms with E-state index in [-0.39, 0.29) is 5.92 Å². The van der Waals surface area contributed by atoms with E-state index in [9.17, 15) is 5.11 Å². The summed E-state index contributed by atoms with van der Waals surface area (Å²) < 4.78 is 5.25. The molecule has 0 atom stereocenters. The highest BCUT2D eigenvalue weighted by atomic mass is 16.5. The van der Waals surface area contributed by atoms with Crippen LogP contribution in [0.4, 0.5) is 0 Å². The second kappa shape index (κ2) is 9.46. The molecule has 30 heavy (non-hydrogen) atoms. The summed E-state index contributed by atoms with van der Waals surface area (Å²) in [6, 6.07) is 28.7. The number of hydrogen-bond acceptors (Lipinski definition) is 3. The minimum Gasteiger partial charge on any atom is -0.497 e. The van der Waals surface area contributed by atoms with E-state index >= 15 is 0 Å². The summed E-state index contributed by atoms with van der Waals surface area (Å²) in [5.74, 6) is 1.11. The quantitative estimate of drug-likeness (QED) is 0.612. The average Bonchev–Trinajstić information content (AvgIpc) is 2.84. The molecule has 1 aliphatic heterocycles. The zero-order valence-corrected chi connectivity index (χ0v) is 17.7. The van der Waals surface area contributed by atoms with Crippen LogP contribution in [0, 0.1) is 5.92 Å².